The van der Waals surface area contributed by atoms with Gasteiger partial charge in [0.15, 0.2) is 0 Å². The van der Waals surface area contributed by atoms with Gasteiger partial charge in [-0.15, -0.1) is 0 Å². The number of phenolic OH excluding ortho intramolecular Hbond substituents is 1. The van der Waals surface area contributed by atoms with Gasteiger partial charge in [0.25, 0.3) is 5.91 Å². The maximum Gasteiger partial charge on any atom is 0.259 e. The molecule has 0 aliphatic rings. The molecule has 18 heavy (non-hydrogen) atoms. The molecule has 0 aromatic heterocycles. The topological polar surface area (TPSA) is 49.3 Å². The molecule has 0 saturated heterocycles. The minimum absolute atomic E-state index is 0.0426. The molecular weight excluding hydrogens is 365 g/mol. The van der Waals surface area contributed by atoms with Crippen LogP contribution in [0.3, 0.4) is 0 Å². The van der Waals surface area contributed by atoms with Gasteiger partial charge < -0.3 is 10.4 Å². The Morgan fingerprint density at radius 3 is 2.61 bits per heavy atom. The third-order valence-electron chi connectivity index (χ3n) is 2.33. The molecule has 0 atom stereocenters. The molecule has 2 N–H and O–H groups in total. The molecule has 0 aliphatic carbocycles. The van der Waals surface area contributed by atoms with Gasteiger partial charge in [0.05, 0.1) is 11.3 Å². The highest BCUT2D eigenvalue weighted by Gasteiger charge is 2.11. The van der Waals surface area contributed by atoms with Gasteiger partial charge >= 0.3 is 0 Å². The number of halogens is 2. The molecule has 2 aromatic carbocycles. The van der Waals surface area contributed by atoms with E-state index in [2.05, 4.69) is 27.9 Å². The van der Waals surface area contributed by atoms with Crippen molar-refractivity contribution in [1.29, 1.82) is 0 Å². The summed E-state index contributed by atoms with van der Waals surface area (Å²) in [4.78, 5) is 12.0. The molecule has 5 heteroatoms. The van der Waals surface area contributed by atoms with Crippen molar-refractivity contribution in [1.82, 2.24) is 0 Å². The number of nitrogens with one attached hydrogen (secondary N) is 1. The van der Waals surface area contributed by atoms with Gasteiger partial charge in [-0.05, 0) is 52.9 Å². The van der Waals surface area contributed by atoms with Crippen LogP contribution in [-0.4, -0.2) is 11.0 Å². The molecule has 0 fully saturated rings. The Hall–Kier alpha value is -1.27. The lowest BCUT2D eigenvalue weighted by molar-refractivity contribution is 0.102. The van der Waals surface area contributed by atoms with Crippen LogP contribution in [0.25, 0.3) is 0 Å². The molecule has 3 nitrogen and oxygen atoms in total. The van der Waals surface area contributed by atoms with E-state index in [4.69, 9.17) is 11.6 Å². The number of para-hydroxylation sites is 1. The lowest BCUT2D eigenvalue weighted by atomic mass is 10.2. The number of anilines is 1. The molecule has 1 amide bonds. The van der Waals surface area contributed by atoms with E-state index in [1.165, 1.54) is 6.07 Å². The van der Waals surface area contributed by atoms with Crippen LogP contribution in [0.5, 0.6) is 5.75 Å². The SMILES string of the molecule is O=C(Nc1ccc(Cl)cc1I)c1ccccc1O. The summed E-state index contributed by atoms with van der Waals surface area (Å²) in [6, 6.07) is 11.6. The molecule has 0 heterocycles. The van der Waals surface area contributed by atoms with Crippen LogP contribution in [0.4, 0.5) is 5.69 Å². The first-order valence-corrected chi connectivity index (χ1v) is 6.58. The Bertz CT molecular complexity index is 601. The predicted molar refractivity (Wildman–Crippen MR) is 80.2 cm³/mol. The van der Waals surface area contributed by atoms with E-state index >= 15 is 0 Å². The van der Waals surface area contributed by atoms with E-state index < -0.39 is 0 Å². The quantitative estimate of drug-likeness (QED) is 0.784. The minimum Gasteiger partial charge on any atom is -0.507 e. The van der Waals surface area contributed by atoms with Crippen LogP contribution in [-0.2, 0) is 0 Å². The monoisotopic (exact) mass is 373 g/mol. The van der Waals surface area contributed by atoms with Crippen molar-refractivity contribution in [2.45, 2.75) is 0 Å². The van der Waals surface area contributed by atoms with Crippen LogP contribution in [0.15, 0.2) is 42.5 Å². The van der Waals surface area contributed by atoms with Gasteiger partial charge in [0.1, 0.15) is 5.75 Å². The lowest BCUT2D eigenvalue weighted by Crippen LogP contribution is -2.12. The van der Waals surface area contributed by atoms with E-state index in [1.54, 1.807) is 36.4 Å². The fraction of sp³-hybridized carbons (Fsp3) is 0. The first-order chi connectivity index (χ1) is 8.58. The maximum absolute atomic E-state index is 12.0. The van der Waals surface area contributed by atoms with Crippen LogP contribution in [0.2, 0.25) is 5.02 Å². The number of benzene rings is 2. The number of phenols is 1. The highest BCUT2D eigenvalue weighted by molar-refractivity contribution is 14.1. The third-order valence-corrected chi connectivity index (χ3v) is 3.46. The first kappa shape index (κ1) is 13.2. The molecule has 0 saturated carbocycles. The fourth-order valence-corrected chi connectivity index (χ4v) is 2.45. The number of hydrogen-bond donors (Lipinski definition) is 2. The van der Waals surface area contributed by atoms with Crippen molar-refractivity contribution in [2.75, 3.05) is 5.32 Å². The number of amides is 1. The summed E-state index contributed by atoms with van der Waals surface area (Å²) in [6.45, 7) is 0. The number of carbonyl (C=O) groups is 1. The number of hydrogen-bond acceptors (Lipinski definition) is 2. The molecule has 92 valence electrons. The molecule has 2 rings (SSSR count). The van der Waals surface area contributed by atoms with E-state index in [0.29, 0.717) is 10.7 Å². The first-order valence-electron chi connectivity index (χ1n) is 5.12. The van der Waals surface area contributed by atoms with E-state index in [9.17, 15) is 9.90 Å². The highest BCUT2D eigenvalue weighted by atomic mass is 127. The van der Waals surface area contributed by atoms with Gasteiger partial charge in [-0.1, -0.05) is 23.7 Å². The van der Waals surface area contributed by atoms with Gasteiger partial charge in [0, 0.05) is 8.59 Å². The fourth-order valence-electron chi connectivity index (χ4n) is 1.45. The largest absolute Gasteiger partial charge is 0.507 e. The van der Waals surface area contributed by atoms with E-state index in [1.807, 2.05) is 0 Å². The van der Waals surface area contributed by atoms with Crippen LogP contribution in [0.1, 0.15) is 10.4 Å². The van der Waals surface area contributed by atoms with Crippen molar-refractivity contribution >= 4 is 45.8 Å². The molecule has 0 spiro atoms. The summed E-state index contributed by atoms with van der Waals surface area (Å²) in [5.74, 6) is -0.396. The summed E-state index contributed by atoms with van der Waals surface area (Å²) < 4.78 is 0.837. The predicted octanol–water partition coefficient (Wildman–Crippen LogP) is 3.90. The van der Waals surface area contributed by atoms with Crippen molar-refractivity contribution < 1.29 is 9.90 Å². The maximum atomic E-state index is 12.0. The summed E-state index contributed by atoms with van der Waals surface area (Å²) in [5.41, 5.74) is 0.900. The molecule has 0 radical (unpaired) electrons. The normalized spacial score (nSPS) is 10.1. The van der Waals surface area contributed by atoms with Crippen molar-refractivity contribution in [3.63, 3.8) is 0 Å². The van der Waals surface area contributed by atoms with E-state index in [-0.39, 0.29) is 17.2 Å². The summed E-state index contributed by atoms with van der Waals surface area (Å²) in [5, 5.41) is 12.9. The Morgan fingerprint density at radius 2 is 1.94 bits per heavy atom. The second-order valence-electron chi connectivity index (χ2n) is 3.60. The number of carbonyl (C=O) groups excluding carboxylic acids is 1. The van der Waals surface area contributed by atoms with Crippen molar-refractivity contribution in [2.24, 2.45) is 0 Å². The molecule has 2 aromatic rings. The Balaban J connectivity index is 2.24. The molecule has 0 unspecified atom stereocenters. The average molecular weight is 374 g/mol. The number of aromatic hydroxyl groups is 1. The van der Waals surface area contributed by atoms with Gasteiger partial charge in [-0.25, -0.2) is 0 Å². The summed E-state index contributed by atoms with van der Waals surface area (Å²) in [7, 11) is 0. The van der Waals surface area contributed by atoms with Crippen LogP contribution in [0, 0.1) is 3.57 Å². The number of rotatable bonds is 2. The Kier molecular flexibility index (Phi) is 4.08. The van der Waals surface area contributed by atoms with E-state index in [0.717, 1.165) is 3.57 Å². The zero-order valence-electron chi connectivity index (χ0n) is 9.15. The summed E-state index contributed by atoms with van der Waals surface area (Å²) >= 11 is 7.92. The zero-order chi connectivity index (χ0) is 13.1. The second-order valence-corrected chi connectivity index (χ2v) is 5.19. The summed E-state index contributed by atoms with van der Waals surface area (Å²) in [6.07, 6.45) is 0. The van der Waals surface area contributed by atoms with Crippen molar-refractivity contribution in [3.8, 4) is 5.75 Å². The smallest absolute Gasteiger partial charge is 0.259 e. The molecule has 0 bridgehead atoms. The standard InChI is InChI=1S/C13H9ClINO2/c14-8-5-6-11(10(15)7-8)16-13(18)9-3-1-2-4-12(9)17/h1-7,17H,(H,16,18). The molecular formula is C13H9ClINO2. The van der Waals surface area contributed by atoms with Crippen LogP contribution >= 0.6 is 34.2 Å². The van der Waals surface area contributed by atoms with Gasteiger partial charge in [0.2, 0.25) is 0 Å². The van der Waals surface area contributed by atoms with Gasteiger partial charge in [-0.3, -0.25) is 4.79 Å². The van der Waals surface area contributed by atoms with Crippen LogP contribution < -0.4 is 5.32 Å². The lowest BCUT2D eigenvalue weighted by Gasteiger charge is -2.08. The average Bonchev–Trinajstić information content (AvgIpc) is 2.33. The van der Waals surface area contributed by atoms with Gasteiger partial charge in [-0.2, -0.15) is 0 Å². The minimum atomic E-state index is -0.353. The van der Waals surface area contributed by atoms with Crippen molar-refractivity contribution in [3.05, 3.63) is 56.6 Å². The zero-order valence-corrected chi connectivity index (χ0v) is 12.1. The Morgan fingerprint density at radius 1 is 1.22 bits per heavy atom. The second kappa shape index (κ2) is 5.58. The Labute approximate surface area is 123 Å². The highest BCUT2D eigenvalue weighted by Crippen LogP contribution is 2.24. The third kappa shape index (κ3) is 2.94. The molecule has 0 aliphatic heterocycles.